The van der Waals surface area contributed by atoms with Crippen LogP contribution in [-0.4, -0.2) is 15.9 Å². The highest BCUT2D eigenvalue weighted by molar-refractivity contribution is 5.69. The zero-order valence-electron chi connectivity index (χ0n) is 14.1. The highest BCUT2D eigenvalue weighted by atomic mass is 16.5. The topological polar surface area (TPSA) is 55.6 Å². The lowest BCUT2D eigenvalue weighted by molar-refractivity contribution is -0.131. The second kappa shape index (κ2) is 8.26. The van der Waals surface area contributed by atoms with Gasteiger partial charge in [0.1, 0.15) is 11.5 Å². The Kier molecular flexibility index (Phi) is 5.59. The van der Waals surface area contributed by atoms with Gasteiger partial charge in [-0.15, -0.1) is 0 Å². The molecular formula is C20H20N2O3. The van der Waals surface area contributed by atoms with Crippen LogP contribution in [0.4, 0.5) is 0 Å². The molecule has 0 unspecified atom stereocenters. The molecule has 0 aliphatic rings. The van der Waals surface area contributed by atoms with Crippen LogP contribution in [0.25, 0.3) is 0 Å². The molecule has 0 fully saturated rings. The van der Waals surface area contributed by atoms with Crippen LogP contribution >= 0.6 is 0 Å². The summed E-state index contributed by atoms with van der Waals surface area (Å²) >= 11 is 0. The summed E-state index contributed by atoms with van der Waals surface area (Å²) in [6, 6.07) is 17.3. The SMILES string of the molecule is CC(=O)Oc1ccc(CN(Cc2ccccn2)Cc2ccco2)cc1. The molecule has 25 heavy (non-hydrogen) atoms. The Morgan fingerprint density at radius 1 is 1.04 bits per heavy atom. The maximum atomic E-state index is 11.0. The van der Waals surface area contributed by atoms with E-state index < -0.39 is 0 Å². The molecule has 0 spiro atoms. The van der Waals surface area contributed by atoms with Crippen molar-refractivity contribution in [3.05, 3.63) is 84.1 Å². The van der Waals surface area contributed by atoms with E-state index in [9.17, 15) is 4.79 Å². The summed E-state index contributed by atoms with van der Waals surface area (Å²) in [5.74, 6) is 1.15. The third-order valence-electron chi connectivity index (χ3n) is 3.66. The largest absolute Gasteiger partial charge is 0.468 e. The van der Waals surface area contributed by atoms with Crippen LogP contribution in [0.15, 0.2) is 71.5 Å². The molecule has 0 aliphatic heterocycles. The van der Waals surface area contributed by atoms with Crippen molar-refractivity contribution in [1.29, 1.82) is 0 Å². The van der Waals surface area contributed by atoms with E-state index in [2.05, 4.69) is 9.88 Å². The van der Waals surface area contributed by atoms with Gasteiger partial charge in [0, 0.05) is 26.2 Å². The lowest BCUT2D eigenvalue weighted by atomic mass is 10.2. The van der Waals surface area contributed by atoms with Gasteiger partial charge in [0.2, 0.25) is 0 Å². The summed E-state index contributed by atoms with van der Waals surface area (Å²) in [5.41, 5.74) is 2.13. The zero-order valence-corrected chi connectivity index (χ0v) is 14.1. The first-order chi connectivity index (χ1) is 12.2. The normalized spacial score (nSPS) is 10.8. The molecule has 0 bridgehead atoms. The third-order valence-corrected chi connectivity index (χ3v) is 3.66. The Bertz CT molecular complexity index is 784. The maximum Gasteiger partial charge on any atom is 0.308 e. The molecule has 2 aromatic heterocycles. The highest BCUT2D eigenvalue weighted by Crippen LogP contribution is 2.17. The molecule has 0 radical (unpaired) electrons. The number of pyridine rings is 1. The van der Waals surface area contributed by atoms with E-state index in [0.717, 1.165) is 23.6 Å². The lowest BCUT2D eigenvalue weighted by Gasteiger charge is -2.21. The molecule has 0 saturated carbocycles. The van der Waals surface area contributed by atoms with Gasteiger partial charge in [0.15, 0.2) is 0 Å². The van der Waals surface area contributed by atoms with E-state index in [-0.39, 0.29) is 5.97 Å². The van der Waals surface area contributed by atoms with E-state index in [1.54, 1.807) is 12.5 Å². The second-order valence-corrected chi connectivity index (χ2v) is 5.78. The van der Waals surface area contributed by atoms with Gasteiger partial charge in [-0.3, -0.25) is 14.7 Å². The number of rotatable bonds is 7. The number of aromatic nitrogens is 1. The van der Waals surface area contributed by atoms with E-state index in [1.807, 2.05) is 54.6 Å². The number of hydrogen-bond acceptors (Lipinski definition) is 5. The van der Waals surface area contributed by atoms with E-state index in [0.29, 0.717) is 18.8 Å². The molecule has 5 heteroatoms. The summed E-state index contributed by atoms with van der Waals surface area (Å²) in [4.78, 5) is 17.7. The predicted octanol–water partition coefficient (Wildman–Crippen LogP) is 3.80. The van der Waals surface area contributed by atoms with Gasteiger partial charge in [-0.05, 0) is 42.0 Å². The Labute approximate surface area is 146 Å². The average Bonchev–Trinajstić information content (AvgIpc) is 3.10. The molecule has 1 aromatic carbocycles. The van der Waals surface area contributed by atoms with Gasteiger partial charge in [-0.1, -0.05) is 18.2 Å². The first-order valence-corrected chi connectivity index (χ1v) is 8.11. The van der Waals surface area contributed by atoms with Crippen LogP contribution in [-0.2, 0) is 24.4 Å². The summed E-state index contributed by atoms with van der Waals surface area (Å²) < 4.78 is 10.6. The molecular weight excluding hydrogens is 316 g/mol. The smallest absolute Gasteiger partial charge is 0.308 e. The number of ether oxygens (including phenoxy) is 1. The molecule has 128 valence electrons. The number of esters is 1. The van der Waals surface area contributed by atoms with Crippen LogP contribution in [0.1, 0.15) is 23.9 Å². The fraction of sp³-hybridized carbons (Fsp3) is 0.200. The fourth-order valence-electron chi connectivity index (χ4n) is 2.60. The van der Waals surface area contributed by atoms with E-state index in [4.69, 9.17) is 9.15 Å². The highest BCUT2D eigenvalue weighted by Gasteiger charge is 2.11. The summed E-state index contributed by atoms with van der Waals surface area (Å²) in [6.07, 6.45) is 3.48. The molecule has 0 amide bonds. The number of nitrogens with zero attached hydrogens (tertiary/aromatic N) is 2. The van der Waals surface area contributed by atoms with Crippen molar-refractivity contribution in [2.45, 2.75) is 26.6 Å². The summed E-state index contributed by atoms with van der Waals surface area (Å²) in [7, 11) is 0. The molecule has 0 aliphatic carbocycles. The minimum Gasteiger partial charge on any atom is -0.468 e. The minimum absolute atomic E-state index is 0.317. The van der Waals surface area contributed by atoms with Crippen molar-refractivity contribution >= 4 is 5.97 Å². The van der Waals surface area contributed by atoms with Gasteiger partial charge in [0.05, 0.1) is 18.5 Å². The summed E-state index contributed by atoms with van der Waals surface area (Å²) in [6.45, 7) is 3.53. The second-order valence-electron chi connectivity index (χ2n) is 5.78. The Hall–Kier alpha value is -2.92. The number of hydrogen-bond donors (Lipinski definition) is 0. The number of carbonyl (C=O) groups excluding carboxylic acids is 1. The van der Waals surface area contributed by atoms with E-state index >= 15 is 0 Å². The first-order valence-electron chi connectivity index (χ1n) is 8.11. The molecule has 0 saturated heterocycles. The van der Waals surface area contributed by atoms with Crippen LogP contribution in [0.3, 0.4) is 0 Å². The number of benzene rings is 1. The quantitative estimate of drug-likeness (QED) is 0.485. The minimum atomic E-state index is -0.317. The molecule has 0 atom stereocenters. The Morgan fingerprint density at radius 3 is 2.52 bits per heavy atom. The lowest BCUT2D eigenvalue weighted by Crippen LogP contribution is -2.22. The third kappa shape index (κ3) is 5.29. The van der Waals surface area contributed by atoms with Crippen molar-refractivity contribution in [2.24, 2.45) is 0 Å². The number of carbonyl (C=O) groups is 1. The Morgan fingerprint density at radius 2 is 1.88 bits per heavy atom. The van der Waals surface area contributed by atoms with Crippen LogP contribution < -0.4 is 4.74 Å². The molecule has 3 rings (SSSR count). The van der Waals surface area contributed by atoms with Crippen LogP contribution in [0.5, 0.6) is 5.75 Å². The van der Waals surface area contributed by atoms with Crippen molar-refractivity contribution < 1.29 is 13.9 Å². The van der Waals surface area contributed by atoms with Crippen molar-refractivity contribution in [2.75, 3.05) is 0 Å². The average molecular weight is 336 g/mol. The number of furan rings is 1. The maximum absolute atomic E-state index is 11.0. The van der Waals surface area contributed by atoms with Crippen molar-refractivity contribution in [1.82, 2.24) is 9.88 Å². The standard InChI is InChI=1S/C20H20N2O3/c1-16(23)25-19-9-7-17(8-10-19)13-22(15-20-6-4-12-24-20)14-18-5-2-3-11-21-18/h2-12H,13-15H2,1H3. The molecule has 2 heterocycles. The predicted molar refractivity (Wildman–Crippen MR) is 93.6 cm³/mol. The first kappa shape index (κ1) is 16.9. The molecule has 0 N–H and O–H groups in total. The molecule has 5 nitrogen and oxygen atoms in total. The van der Waals surface area contributed by atoms with Crippen molar-refractivity contribution in [3.63, 3.8) is 0 Å². The molecule has 3 aromatic rings. The Balaban J connectivity index is 1.71. The monoisotopic (exact) mass is 336 g/mol. The van der Waals surface area contributed by atoms with Gasteiger partial charge >= 0.3 is 5.97 Å². The summed E-state index contributed by atoms with van der Waals surface area (Å²) in [5, 5.41) is 0. The van der Waals surface area contributed by atoms with Gasteiger partial charge in [0.25, 0.3) is 0 Å². The van der Waals surface area contributed by atoms with Crippen LogP contribution in [0, 0.1) is 0 Å². The van der Waals surface area contributed by atoms with E-state index in [1.165, 1.54) is 6.92 Å². The van der Waals surface area contributed by atoms with Crippen LogP contribution in [0.2, 0.25) is 0 Å². The van der Waals surface area contributed by atoms with Gasteiger partial charge < -0.3 is 9.15 Å². The van der Waals surface area contributed by atoms with Gasteiger partial charge in [-0.25, -0.2) is 0 Å². The fourth-order valence-corrected chi connectivity index (χ4v) is 2.60. The zero-order chi connectivity index (χ0) is 17.5. The van der Waals surface area contributed by atoms with Gasteiger partial charge in [-0.2, -0.15) is 0 Å². The van der Waals surface area contributed by atoms with Crippen molar-refractivity contribution in [3.8, 4) is 5.75 Å².